The summed E-state index contributed by atoms with van der Waals surface area (Å²) in [6.07, 6.45) is 0. The predicted molar refractivity (Wildman–Crippen MR) is 104 cm³/mol. The molecule has 5 heteroatoms. The first-order valence-electron chi connectivity index (χ1n) is 8.46. The van der Waals surface area contributed by atoms with Gasteiger partial charge in [-0.15, -0.1) is 0 Å². The molecular formula is C22H22O5. The van der Waals surface area contributed by atoms with E-state index in [9.17, 15) is 5.11 Å². The molecule has 0 spiro atoms. The van der Waals surface area contributed by atoms with Gasteiger partial charge in [-0.2, -0.15) is 0 Å². The molecule has 0 aliphatic rings. The molecule has 140 valence electrons. The minimum atomic E-state index is 0.0613. The molecular weight excluding hydrogens is 344 g/mol. The molecule has 0 aromatic heterocycles. The molecule has 0 aliphatic carbocycles. The number of phenols is 1. The highest BCUT2D eigenvalue weighted by atomic mass is 16.5. The molecule has 3 aromatic rings. The van der Waals surface area contributed by atoms with E-state index in [2.05, 4.69) is 0 Å². The van der Waals surface area contributed by atoms with Gasteiger partial charge in [0.05, 0.1) is 26.9 Å². The highest BCUT2D eigenvalue weighted by Crippen LogP contribution is 2.43. The van der Waals surface area contributed by atoms with Gasteiger partial charge in [-0.05, 0) is 23.3 Å². The molecule has 0 fully saturated rings. The summed E-state index contributed by atoms with van der Waals surface area (Å²) in [6.45, 7) is 0.438. The fraction of sp³-hybridized carbons (Fsp3) is 0.182. The number of rotatable bonds is 7. The predicted octanol–water partition coefficient (Wildman–Crippen LogP) is 4.66. The van der Waals surface area contributed by atoms with Crippen LogP contribution < -0.4 is 18.9 Å². The van der Waals surface area contributed by atoms with E-state index in [1.807, 2.05) is 48.5 Å². The highest BCUT2D eigenvalue weighted by Gasteiger charge is 2.16. The van der Waals surface area contributed by atoms with Gasteiger partial charge in [-0.25, -0.2) is 0 Å². The van der Waals surface area contributed by atoms with Crippen molar-refractivity contribution in [1.82, 2.24) is 0 Å². The first-order valence-corrected chi connectivity index (χ1v) is 8.46. The van der Waals surface area contributed by atoms with Gasteiger partial charge in [0.1, 0.15) is 23.9 Å². The van der Waals surface area contributed by atoms with Crippen molar-refractivity contribution in [2.45, 2.75) is 6.61 Å². The van der Waals surface area contributed by atoms with Gasteiger partial charge in [-0.1, -0.05) is 36.4 Å². The first kappa shape index (κ1) is 18.5. The summed E-state index contributed by atoms with van der Waals surface area (Å²) in [7, 11) is 4.67. The fourth-order valence-corrected chi connectivity index (χ4v) is 2.82. The van der Waals surface area contributed by atoms with E-state index in [4.69, 9.17) is 18.9 Å². The lowest BCUT2D eigenvalue weighted by Crippen LogP contribution is -1.98. The molecule has 0 atom stereocenters. The molecule has 3 rings (SSSR count). The Bertz CT molecular complexity index is 906. The lowest BCUT2D eigenvalue weighted by Gasteiger charge is -2.15. The topological polar surface area (TPSA) is 57.2 Å². The minimum Gasteiger partial charge on any atom is -0.507 e. The zero-order valence-electron chi connectivity index (χ0n) is 15.6. The largest absolute Gasteiger partial charge is 0.507 e. The Morgan fingerprint density at radius 1 is 0.741 bits per heavy atom. The van der Waals surface area contributed by atoms with Crippen molar-refractivity contribution in [2.75, 3.05) is 21.3 Å². The van der Waals surface area contributed by atoms with E-state index >= 15 is 0 Å². The van der Waals surface area contributed by atoms with Gasteiger partial charge in [-0.3, -0.25) is 0 Å². The molecule has 0 bridgehead atoms. The van der Waals surface area contributed by atoms with E-state index in [0.717, 1.165) is 11.1 Å². The van der Waals surface area contributed by atoms with Crippen LogP contribution in [0, 0.1) is 0 Å². The summed E-state index contributed by atoms with van der Waals surface area (Å²) in [5, 5.41) is 10.4. The molecule has 0 radical (unpaired) electrons. The van der Waals surface area contributed by atoms with Crippen LogP contribution in [-0.4, -0.2) is 26.4 Å². The Balaban J connectivity index is 1.92. The van der Waals surface area contributed by atoms with Gasteiger partial charge >= 0.3 is 0 Å². The number of hydrogen-bond donors (Lipinski definition) is 1. The number of methoxy groups -OCH3 is 3. The molecule has 0 amide bonds. The van der Waals surface area contributed by atoms with Crippen molar-refractivity contribution in [3.63, 3.8) is 0 Å². The lowest BCUT2D eigenvalue weighted by atomic mass is 10.0. The Kier molecular flexibility index (Phi) is 5.71. The maximum absolute atomic E-state index is 10.4. The van der Waals surface area contributed by atoms with Crippen LogP contribution in [0.25, 0.3) is 11.1 Å². The monoisotopic (exact) mass is 366 g/mol. The summed E-state index contributed by atoms with van der Waals surface area (Å²) in [6, 6.07) is 18.7. The van der Waals surface area contributed by atoms with Gasteiger partial charge in [0, 0.05) is 12.1 Å². The van der Waals surface area contributed by atoms with Crippen LogP contribution >= 0.6 is 0 Å². The van der Waals surface area contributed by atoms with E-state index < -0.39 is 0 Å². The van der Waals surface area contributed by atoms with Crippen LogP contribution in [0.2, 0.25) is 0 Å². The Morgan fingerprint density at radius 3 is 2.15 bits per heavy atom. The second-order valence-corrected chi connectivity index (χ2v) is 5.86. The molecule has 0 aliphatic heterocycles. The normalized spacial score (nSPS) is 10.3. The molecule has 0 heterocycles. The molecule has 3 aromatic carbocycles. The zero-order valence-corrected chi connectivity index (χ0v) is 15.6. The van der Waals surface area contributed by atoms with Crippen molar-refractivity contribution in [1.29, 1.82) is 0 Å². The van der Waals surface area contributed by atoms with Gasteiger partial charge < -0.3 is 24.1 Å². The van der Waals surface area contributed by atoms with Crippen molar-refractivity contribution in [2.24, 2.45) is 0 Å². The number of aromatic hydroxyl groups is 1. The van der Waals surface area contributed by atoms with E-state index in [0.29, 0.717) is 35.2 Å². The van der Waals surface area contributed by atoms with Crippen LogP contribution in [0.4, 0.5) is 0 Å². The molecule has 5 nitrogen and oxygen atoms in total. The molecule has 0 saturated heterocycles. The quantitative estimate of drug-likeness (QED) is 0.659. The summed E-state index contributed by atoms with van der Waals surface area (Å²) in [5.74, 6) is 2.28. The Morgan fingerprint density at radius 2 is 1.48 bits per heavy atom. The Labute approximate surface area is 158 Å². The summed E-state index contributed by atoms with van der Waals surface area (Å²) < 4.78 is 22.0. The molecule has 0 saturated carbocycles. The maximum atomic E-state index is 10.4. The summed E-state index contributed by atoms with van der Waals surface area (Å²) in [4.78, 5) is 0. The number of phenolic OH excluding ortho intramolecular Hbond substituents is 1. The summed E-state index contributed by atoms with van der Waals surface area (Å²) in [5.41, 5.74) is 2.38. The number of ether oxygens (including phenoxy) is 4. The van der Waals surface area contributed by atoms with Crippen molar-refractivity contribution < 1.29 is 24.1 Å². The fourth-order valence-electron chi connectivity index (χ4n) is 2.82. The third kappa shape index (κ3) is 4.08. The average Bonchev–Trinajstić information content (AvgIpc) is 2.72. The first-order chi connectivity index (χ1) is 13.2. The lowest BCUT2D eigenvalue weighted by molar-refractivity contribution is 0.284. The van der Waals surface area contributed by atoms with Crippen LogP contribution in [0.3, 0.4) is 0 Å². The van der Waals surface area contributed by atoms with E-state index in [-0.39, 0.29) is 5.75 Å². The number of hydrogen-bond acceptors (Lipinski definition) is 5. The second-order valence-electron chi connectivity index (χ2n) is 5.86. The van der Waals surface area contributed by atoms with E-state index in [1.54, 1.807) is 26.4 Å². The zero-order chi connectivity index (χ0) is 19.2. The van der Waals surface area contributed by atoms with E-state index in [1.165, 1.54) is 7.11 Å². The smallest absolute Gasteiger partial charge is 0.161 e. The van der Waals surface area contributed by atoms with Gasteiger partial charge in [0.2, 0.25) is 0 Å². The van der Waals surface area contributed by atoms with Crippen molar-refractivity contribution >= 4 is 0 Å². The van der Waals surface area contributed by atoms with Crippen LogP contribution in [0.5, 0.6) is 28.7 Å². The Hall–Kier alpha value is -3.34. The average molecular weight is 366 g/mol. The standard InChI is InChI=1S/C22H22O5/c1-24-17-12-18(23)22(21(13-17)26-3)16-9-10-19(20(11-16)25-2)27-14-15-7-5-4-6-8-15/h4-13,23H,14H2,1-3H3. The molecule has 0 unspecified atom stereocenters. The number of benzene rings is 3. The van der Waals surface area contributed by atoms with Crippen LogP contribution in [0.1, 0.15) is 5.56 Å². The van der Waals surface area contributed by atoms with Crippen molar-refractivity contribution in [3.8, 4) is 39.9 Å². The highest BCUT2D eigenvalue weighted by molar-refractivity contribution is 5.79. The van der Waals surface area contributed by atoms with Gasteiger partial charge in [0.15, 0.2) is 11.5 Å². The van der Waals surface area contributed by atoms with Crippen molar-refractivity contribution in [3.05, 3.63) is 66.2 Å². The van der Waals surface area contributed by atoms with Crippen LogP contribution in [0.15, 0.2) is 60.7 Å². The SMILES string of the molecule is COc1cc(O)c(-c2ccc(OCc3ccccc3)c(OC)c2)c(OC)c1. The third-order valence-electron chi connectivity index (χ3n) is 4.20. The third-order valence-corrected chi connectivity index (χ3v) is 4.20. The summed E-state index contributed by atoms with van der Waals surface area (Å²) >= 11 is 0. The minimum absolute atomic E-state index is 0.0613. The maximum Gasteiger partial charge on any atom is 0.161 e. The molecule has 27 heavy (non-hydrogen) atoms. The van der Waals surface area contributed by atoms with Gasteiger partial charge in [0.25, 0.3) is 0 Å². The second kappa shape index (κ2) is 8.36. The van der Waals surface area contributed by atoms with Crippen LogP contribution in [-0.2, 0) is 6.61 Å². The molecule has 1 N–H and O–H groups in total.